The Hall–Kier alpha value is -0.960. The van der Waals surface area contributed by atoms with Crippen LogP contribution in [-0.2, 0) is 5.41 Å². The van der Waals surface area contributed by atoms with E-state index in [0.717, 1.165) is 19.0 Å². The first-order chi connectivity index (χ1) is 7.37. The highest BCUT2D eigenvalue weighted by atomic mass is 19.1. The van der Waals surface area contributed by atoms with Crippen LogP contribution in [0.3, 0.4) is 0 Å². The van der Waals surface area contributed by atoms with Crippen molar-refractivity contribution in [2.24, 2.45) is 0 Å². The van der Waals surface area contributed by atoms with E-state index < -0.39 is 0 Å². The van der Waals surface area contributed by atoms with Gasteiger partial charge in [-0.25, -0.2) is 8.78 Å². The molecule has 0 amide bonds. The largest absolute Gasteiger partial charge is 0.311 e. The highest BCUT2D eigenvalue weighted by Crippen LogP contribution is 2.43. The molecule has 0 radical (unpaired) electrons. The van der Waals surface area contributed by atoms with E-state index in [1.165, 1.54) is 12.1 Å². The smallest absolute Gasteiger partial charge is 0.127 e. The molecule has 1 aliphatic heterocycles. The summed E-state index contributed by atoms with van der Waals surface area (Å²) in [7, 11) is 0. The van der Waals surface area contributed by atoms with Crippen LogP contribution in [0.1, 0.15) is 32.8 Å². The quantitative estimate of drug-likeness (QED) is 0.774. The first-order valence-corrected chi connectivity index (χ1v) is 5.57. The zero-order chi connectivity index (χ0) is 12.0. The summed E-state index contributed by atoms with van der Waals surface area (Å²) in [4.78, 5) is 0. The third-order valence-electron chi connectivity index (χ3n) is 4.09. The zero-order valence-electron chi connectivity index (χ0n) is 9.90. The molecule has 1 nitrogen and oxygen atoms in total. The number of nitrogens with one attached hydrogen (secondary N) is 1. The van der Waals surface area contributed by atoms with Gasteiger partial charge in [-0.1, -0.05) is 6.92 Å². The van der Waals surface area contributed by atoms with E-state index in [4.69, 9.17) is 0 Å². The maximum atomic E-state index is 13.8. The molecule has 1 atom stereocenters. The molecule has 1 fully saturated rings. The Kier molecular flexibility index (Phi) is 2.54. The Morgan fingerprint density at radius 3 is 2.44 bits per heavy atom. The van der Waals surface area contributed by atoms with Crippen LogP contribution in [0.25, 0.3) is 0 Å². The van der Waals surface area contributed by atoms with E-state index in [1.54, 1.807) is 0 Å². The minimum Gasteiger partial charge on any atom is -0.311 e. The first kappa shape index (κ1) is 11.5. The number of hydrogen-bond donors (Lipinski definition) is 1. The molecule has 1 aromatic rings. The number of rotatable bonds is 1. The fourth-order valence-corrected chi connectivity index (χ4v) is 2.52. The molecule has 16 heavy (non-hydrogen) atoms. The summed E-state index contributed by atoms with van der Waals surface area (Å²) in [6.45, 7) is 6.89. The lowest BCUT2D eigenvalue weighted by atomic mass is 9.69. The van der Waals surface area contributed by atoms with Crippen molar-refractivity contribution in [3.8, 4) is 0 Å². The predicted molar refractivity (Wildman–Crippen MR) is 60.4 cm³/mol. The second-order valence-electron chi connectivity index (χ2n) is 5.26. The molecule has 1 N–H and O–H groups in total. The van der Waals surface area contributed by atoms with E-state index in [0.29, 0.717) is 5.56 Å². The van der Waals surface area contributed by atoms with Crippen LogP contribution in [0.5, 0.6) is 0 Å². The summed E-state index contributed by atoms with van der Waals surface area (Å²) >= 11 is 0. The second kappa shape index (κ2) is 3.52. The molecule has 2 rings (SSSR count). The monoisotopic (exact) mass is 225 g/mol. The van der Waals surface area contributed by atoms with Gasteiger partial charge >= 0.3 is 0 Å². The van der Waals surface area contributed by atoms with Crippen LogP contribution in [0.15, 0.2) is 18.2 Å². The average molecular weight is 225 g/mol. The van der Waals surface area contributed by atoms with Crippen LogP contribution in [0.4, 0.5) is 8.78 Å². The topological polar surface area (TPSA) is 12.0 Å². The molecular weight excluding hydrogens is 208 g/mol. The summed E-state index contributed by atoms with van der Waals surface area (Å²) in [5.74, 6) is -0.694. The van der Waals surface area contributed by atoms with Gasteiger partial charge in [0.25, 0.3) is 0 Å². The van der Waals surface area contributed by atoms with Crippen molar-refractivity contribution in [2.75, 3.05) is 6.54 Å². The van der Waals surface area contributed by atoms with E-state index in [9.17, 15) is 8.78 Å². The van der Waals surface area contributed by atoms with Crippen molar-refractivity contribution in [1.29, 1.82) is 0 Å². The molecule has 3 heteroatoms. The Balaban J connectivity index is 2.55. The molecule has 0 saturated carbocycles. The first-order valence-electron chi connectivity index (χ1n) is 5.57. The normalized spacial score (nSPS) is 28.3. The predicted octanol–water partition coefficient (Wildman–Crippen LogP) is 2.99. The van der Waals surface area contributed by atoms with Gasteiger partial charge in [0.2, 0.25) is 0 Å². The summed E-state index contributed by atoms with van der Waals surface area (Å²) in [5, 5.41) is 3.34. The summed E-state index contributed by atoms with van der Waals surface area (Å²) in [5.41, 5.74) is -0.108. The van der Waals surface area contributed by atoms with Gasteiger partial charge in [-0.05, 0) is 50.6 Å². The third-order valence-corrected chi connectivity index (χ3v) is 4.09. The van der Waals surface area contributed by atoms with Crippen LogP contribution < -0.4 is 5.32 Å². The van der Waals surface area contributed by atoms with E-state index in [-0.39, 0.29) is 22.6 Å². The van der Waals surface area contributed by atoms with Crippen molar-refractivity contribution in [1.82, 2.24) is 5.32 Å². The lowest BCUT2D eigenvalue weighted by Gasteiger charge is -2.38. The fraction of sp³-hybridized carbons (Fsp3) is 0.538. The van der Waals surface area contributed by atoms with Gasteiger partial charge in [0.1, 0.15) is 11.6 Å². The molecule has 88 valence electrons. The Bertz CT molecular complexity index is 414. The van der Waals surface area contributed by atoms with Gasteiger partial charge in [0, 0.05) is 11.0 Å². The highest BCUT2D eigenvalue weighted by Gasteiger charge is 2.47. The summed E-state index contributed by atoms with van der Waals surface area (Å²) in [6.07, 6.45) is 0.820. The number of halogens is 2. The van der Waals surface area contributed by atoms with Crippen LogP contribution in [0, 0.1) is 11.6 Å². The molecule has 1 unspecified atom stereocenters. The molecule has 0 aromatic heterocycles. The van der Waals surface area contributed by atoms with Crippen molar-refractivity contribution in [3.63, 3.8) is 0 Å². The Morgan fingerprint density at radius 1 is 1.19 bits per heavy atom. The second-order valence-corrected chi connectivity index (χ2v) is 5.26. The molecule has 1 aliphatic rings. The molecular formula is C13H17F2N. The zero-order valence-corrected chi connectivity index (χ0v) is 9.90. The van der Waals surface area contributed by atoms with Crippen molar-refractivity contribution in [2.45, 2.75) is 38.1 Å². The van der Waals surface area contributed by atoms with E-state index in [2.05, 4.69) is 5.32 Å². The van der Waals surface area contributed by atoms with E-state index in [1.807, 2.05) is 20.8 Å². The van der Waals surface area contributed by atoms with Crippen LogP contribution in [0.2, 0.25) is 0 Å². The van der Waals surface area contributed by atoms with Gasteiger partial charge in [0.15, 0.2) is 0 Å². The standard InChI is InChI=1S/C13H17F2N/c1-12(2)13(3,6-7-16-12)10-8-9(14)4-5-11(10)15/h4-5,8,16H,6-7H2,1-3H3. The van der Waals surface area contributed by atoms with Gasteiger partial charge in [-0.2, -0.15) is 0 Å². The molecule has 0 aliphatic carbocycles. The Morgan fingerprint density at radius 2 is 1.88 bits per heavy atom. The van der Waals surface area contributed by atoms with Crippen LogP contribution >= 0.6 is 0 Å². The molecule has 1 saturated heterocycles. The highest BCUT2D eigenvalue weighted by molar-refractivity contribution is 5.33. The van der Waals surface area contributed by atoms with E-state index >= 15 is 0 Å². The van der Waals surface area contributed by atoms with Crippen LogP contribution in [-0.4, -0.2) is 12.1 Å². The molecule has 0 spiro atoms. The van der Waals surface area contributed by atoms with Crippen molar-refractivity contribution >= 4 is 0 Å². The molecule has 1 aromatic carbocycles. The van der Waals surface area contributed by atoms with Gasteiger partial charge in [-0.15, -0.1) is 0 Å². The fourth-order valence-electron chi connectivity index (χ4n) is 2.52. The Labute approximate surface area is 94.9 Å². The summed E-state index contributed by atoms with van der Waals surface area (Å²) in [6, 6.07) is 3.70. The maximum Gasteiger partial charge on any atom is 0.127 e. The van der Waals surface area contributed by atoms with Gasteiger partial charge < -0.3 is 5.32 Å². The third kappa shape index (κ3) is 1.54. The minimum absolute atomic E-state index is 0.221. The number of benzene rings is 1. The SMILES string of the molecule is CC1(C)NCCC1(C)c1cc(F)ccc1F. The van der Waals surface area contributed by atoms with Crippen molar-refractivity contribution in [3.05, 3.63) is 35.4 Å². The minimum atomic E-state index is -0.375. The van der Waals surface area contributed by atoms with Gasteiger partial charge in [0.05, 0.1) is 0 Å². The number of hydrogen-bond acceptors (Lipinski definition) is 1. The van der Waals surface area contributed by atoms with Crippen molar-refractivity contribution < 1.29 is 8.78 Å². The molecule has 1 heterocycles. The molecule has 0 bridgehead atoms. The summed E-state index contributed by atoms with van der Waals surface area (Å²) < 4.78 is 27.1. The lowest BCUT2D eigenvalue weighted by Crippen LogP contribution is -2.48. The average Bonchev–Trinajstić information content (AvgIpc) is 2.46. The lowest BCUT2D eigenvalue weighted by molar-refractivity contribution is 0.287. The van der Waals surface area contributed by atoms with Gasteiger partial charge in [-0.3, -0.25) is 0 Å². The maximum absolute atomic E-state index is 13.8.